The predicted octanol–water partition coefficient (Wildman–Crippen LogP) is 1.21. The average Bonchev–Trinajstić information content (AvgIpc) is 3.01. The molecule has 0 radical (unpaired) electrons. The molecule has 1 aliphatic heterocycles. The van der Waals surface area contributed by atoms with E-state index in [0.29, 0.717) is 25.9 Å². The third kappa shape index (κ3) is 4.93. The summed E-state index contributed by atoms with van der Waals surface area (Å²) in [4.78, 5) is 12.4. The predicted molar refractivity (Wildman–Crippen MR) is 88.9 cm³/mol. The number of unbranched alkanes of at least 4 members (excludes halogenated alkanes) is 1. The van der Waals surface area contributed by atoms with Gasteiger partial charge >= 0.3 is 0 Å². The van der Waals surface area contributed by atoms with E-state index < -0.39 is 21.6 Å². The minimum absolute atomic E-state index is 0.123. The van der Waals surface area contributed by atoms with Crippen molar-refractivity contribution in [2.45, 2.75) is 70.9 Å². The van der Waals surface area contributed by atoms with Crippen LogP contribution < -0.4 is 11.1 Å². The molecule has 1 amide bonds. The molecule has 0 bridgehead atoms. The van der Waals surface area contributed by atoms with Gasteiger partial charge in [-0.05, 0) is 32.1 Å². The van der Waals surface area contributed by atoms with Gasteiger partial charge in [-0.15, -0.1) is 0 Å². The van der Waals surface area contributed by atoms with Crippen LogP contribution in [0.25, 0.3) is 0 Å². The van der Waals surface area contributed by atoms with Gasteiger partial charge in [-0.25, -0.2) is 8.42 Å². The molecule has 1 atom stereocenters. The van der Waals surface area contributed by atoms with Crippen molar-refractivity contribution in [3.63, 3.8) is 0 Å². The topological polar surface area (TPSA) is 92.5 Å². The second-order valence-corrected chi connectivity index (χ2v) is 8.27. The first-order valence-electron chi connectivity index (χ1n) is 8.35. The first-order valence-corrected chi connectivity index (χ1v) is 9.96. The Kier molecular flexibility index (Phi) is 7.28. The van der Waals surface area contributed by atoms with Gasteiger partial charge in [0.05, 0.1) is 5.75 Å². The SMILES string of the molecule is CCCCS(=O)(=O)N1CCCC1C(=O)NCC(N)(CC)CC. The van der Waals surface area contributed by atoms with Crippen LogP contribution in [0.1, 0.15) is 59.3 Å². The van der Waals surface area contributed by atoms with Crippen LogP contribution in [0.15, 0.2) is 0 Å². The molecule has 0 spiro atoms. The number of nitrogens with one attached hydrogen (secondary N) is 1. The highest BCUT2D eigenvalue weighted by Gasteiger charge is 2.38. The van der Waals surface area contributed by atoms with E-state index in [1.165, 1.54) is 4.31 Å². The number of sulfonamides is 1. The minimum Gasteiger partial charge on any atom is -0.353 e. The lowest BCUT2D eigenvalue weighted by Crippen LogP contribution is -2.53. The summed E-state index contributed by atoms with van der Waals surface area (Å²) in [5.41, 5.74) is 5.77. The molecule has 1 fully saturated rings. The van der Waals surface area contributed by atoms with E-state index in [1.807, 2.05) is 20.8 Å². The van der Waals surface area contributed by atoms with Crippen LogP contribution in [0, 0.1) is 0 Å². The van der Waals surface area contributed by atoms with Crippen LogP contribution in [0.4, 0.5) is 0 Å². The Morgan fingerprint density at radius 3 is 2.50 bits per heavy atom. The molecule has 1 unspecified atom stereocenters. The lowest BCUT2D eigenvalue weighted by Gasteiger charge is -2.29. The van der Waals surface area contributed by atoms with Gasteiger partial charge in [0.2, 0.25) is 15.9 Å². The number of amides is 1. The third-order valence-electron chi connectivity index (χ3n) is 4.64. The summed E-state index contributed by atoms with van der Waals surface area (Å²) >= 11 is 0. The number of carbonyl (C=O) groups is 1. The average molecular weight is 333 g/mol. The van der Waals surface area contributed by atoms with Crippen molar-refractivity contribution in [3.05, 3.63) is 0 Å². The molecular formula is C15H31N3O3S. The molecule has 130 valence electrons. The lowest BCUT2D eigenvalue weighted by molar-refractivity contribution is -0.124. The number of nitrogens with two attached hydrogens (primary N) is 1. The molecule has 3 N–H and O–H groups in total. The first kappa shape index (κ1) is 19.4. The number of hydrogen-bond donors (Lipinski definition) is 2. The Hall–Kier alpha value is -0.660. The largest absolute Gasteiger partial charge is 0.353 e. The molecule has 22 heavy (non-hydrogen) atoms. The highest BCUT2D eigenvalue weighted by Crippen LogP contribution is 2.22. The van der Waals surface area contributed by atoms with Gasteiger partial charge in [-0.2, -0.15) is 4.31 Å². The zero-order valence-corrected chi connectivity index (χ0v) is 14.9. The number of rotatable bonds is 9. The van der Waals surface area contributed by atoms with Gasteiger partial charge in [0.25, 0.3) is 0 Å². The van der Waals surface area contributed by atoms with Crippen molar-refractivity contribution in [1.29, 1.82) is 0 Å². The number of nitrogens with zero attached hydrogens (tertiary/aromatic N) is 1. The second kappa shape index (κ2) is 8.26. The van der Waals surface area contributed by atoms with Crippen molar-refractivity contribution < 1.29 is 13.2 Å². The maximum atomic E-state index is 12.4. The number of carbonyl (C=O) groups excluding carboxylic acids is 1. The molecule has 1 rings (SSSR count). The summed E-state index contributed by atoms with van der Waals surface area (Å²) < 4.78 is 26.1. The van der Waals surface area contributed by atoms with E-state index in [-0.39, 0.29) is 11.7 Å². The molecule has 0 aliphatic carbocycles. The fraction of sp³-hybridized carbons (Fsp3) is 0.933. The van der Waals surface area contributed by atoms with E-state index in [4.69, 9.17) is 5.73 Å². The van der Waals surface area contributed by atoms with Gasteiger partial charge in [-0.3, -0.25) is 4.79 Å². The smallest absolute Gasteiger partial charge is 0.238 e. The first-order chi connectivity index (χ1) is 10.3. The van der Waals surface area contributed by atoms with E-state index in [2.05, 4.69) is 5.32 Å². The summed E-state index contributed by atoms with van der Waals surface area (Å²) in [5.74, 6) is -0.0906. The van der Waals surface area contributed by atoms with Crippen LogP contribution in [-0.4, -0.2) is 49.1 Å². The van der Waals surface area contributed by atoms with Crippen LogP contribution in [0.5, 0.6) is 0 Å². The van der Waals surface area contributed by atoms with Crippen molar-refractivity contribution >= 4 is 15.9 Å². The van der Waals surface area contributed by atoms with Crippen molar-refractivity contribution in [1.82, 2.24) is 9.62 Å². The summed E-state index contributed by atoms with van der Waals surface area (Å²) in [5, 5.41) is 2.86. The normalized spacial score (nSPS) is 20.3. The molecule has 7 heteroatoms. The Labute approximate surface area is 134 Å². The van der Waals surface area contributed by atoms with E-state index >= 15 is 0 Å². The zero-order valence-electron chi connectivity index (χ0n) is 14.1. The van der Waals surface area contributed by atoms with E-state index in [1.54, 1.807) is 0 Å². The standard InChI is InChI=1S/C15H31N3O3S/c1-4-7-11-22(20,21)18-10-8-9-13(18)14(19)17-12-15(16,5-2)6-3/h13H,4-12,16H2,1-3H3,(H,17,19). The van der Waals surface area contributed by atoms with Crippen molar-refractivity contribution in [2.24, 2.45) is 5.73 Å². The second-order valence-electron chi connectivity index (χ2n) is 6.23. The van der Waals surface area contributed by atoms with E-state index in [9.17, 15) is 13.2 Å². The quantitative estimate of drug-likeness (QED) is 0.663. The lowest BCUT2D eigenvalue weighted by atomic mass is 9.94. The fourth-order valence-electron chi connectivity index (χ4n) is 2.66. The van der Waals surface area contributed by atoms with Gasteiger partial charge < -0.3 is 11.1 Å². The summed E-state index contributed by atoms with van der Waals surface area (Å²) in [6.45, 7) is 6.77. The highest BCUT2D eigenvalue weighted by atomic mass is 32.2. The van der Waals surface area contributed by atoms with Crippen LogP contribution in [0.2, 0.25) is 0 Å². The maximum Gasteiger partial charge on any atom is 0.238 e. The monoisotopic (exact) mass is 333 g/mol. The summed E-state index contributed by atoms with van der Waals surface area (Å²) in [6.07, 6.45) is 4.32. The van der Waals surface area contributed by atoms with Crippen LogP contribution >= 0.6 is 0 Å². The molecule has 1 heterocycles. The molecule has 6 nitrogen and oxygen atoms in total. The molecule has 1 aliphatic rings. The summed E-state index contributed by atoms with van der Waals surface area (Å²) in [7, 11) is -3.34. The Bertz CT molecular complexity index is 461. The molecular weight excluding hydrogens is 302 g/mol. The summed E-state index contributed by atoms with van der Waals surface area (Å²) in [6, 6.07) is -0.570. The van der Waals surface area contributed by atoms with Crippen LogP contribution in [0.3, 0.4) is 0 Å². The third-order valence-corrected chi connectivity index (χ3v) is 6.60. The Balaban J connectivity index is 2.68. The van der Waals surface area contributed by atoms with Crippen LogP contribution in [-0.2, 0) is 14.8 Å². The molecule has 1 saturated heterocycles. The Morgan fingerprint density at radius 2 is 1.95 bits per heavy atom. The minimum atomic E-state index is -3.34. The molecule has 0 aromatic rings. The van der Waals surface area contributed by atoms with Gasteiger partial charge in [0.15, 0.2) is 0 Å². The molecule has 0 saturated carbocycles. The van der Waals surface area contributed by atoms with Crippen molar-refractivity contribution in [3.8, 4) is 0 Å². The molecule has 0 aromatic carbocycles. The zero-order chi connectivity index (χ0) is 16.8. The fourth-order valence-corrected chi connectivity index (χ4v) is 4.54. The van der Waals surface area contributed by atoms with Gasteiger partial charge in [-0.1, -0.05) is 27.2 Å². The van der Waals surface area contributed by atoms with Gasteiger partial charge in [0, 0.05) is 18.6 Å². The number of hydrogen-bond acceptors (Lipinski definition) is 4. The van der Waals surface area contributed by atoms with E-state index in [0.717, 1.165) is 25.7 Å². The van der Waals surface area contributed by atoms with Gasteiger partial charge in [0.1, 0.15) is 6.04 Å². The maximum absolute atomic E-state index is 12.4. The highest BCUT2D eigenvalue weighted by molar-refractivity contribution is 7.89. The molecule has 0 aromatic heterocycles. The Morgan fingerprint density at radius 1 is 1.32 bits per heavy atom. The van der Waals surface area contributed by atoms with Crippen molar-refractivity contribution in [2.75, 3.05) is 18.8 Å².